The molecular weight excluding hydrogens is 457 g/mol. The Morgan fingerprint density at radius 3 is 2.59 bits per heavy atom. The van der Waals surface area contributed by atoms with E-state index < -0.39 is 48.5 Å². The number of esters is 1. The van der Waals surface area contributed by atoms with Crippen molar-refractivity contribution in [2.24, 2.45) is 5.92 Å². The third-order valence-electron chi connectivity index (χ3n) is 6.24. The van der Waals surface area contributed by atoms with E-state index in [1.807, 2.05) is 0 Å². The van der Waals surface area contributed by atoms with E-state index in [1.165, 1.54) is 0 Å². The molecule has 1 heterocycles. The summed E-state index contributed by atoms with van der Waals surface area (Å²) in [4.78, 5) is 50.4. The van der Waals surface area contributed by atoms with Gasteiger partial charge in [-0.15, -0.1) is 0 Å². The average Bonchev–Trinajstić information content (AvgIpc) is 2.96. The molecule has 1 atom stereocenters. The molecule has 1 aliphatic carbocycles. The van der Waals surface area contributed by atoms with Crippen molar-refractivity contribution in [1.29, 1.82) is 0 Å². The van der Waals surface area contributed by atoms with Crippen molar-refractivity contribution in [2.45, 2.75) is 57.5 Å². The molecule has 1 saturated carbocycles. The molecule has 8 nitrogen and oxygen atoms in total. The van der Waals surface area contributed by atoms with Crippen LogP contribution in [-0.4, -0.2) is 47.4 Å². The zero-order chi connectivity index (χ0) is 23.5. The molecule has 32 heavy (non-hydrogen) atoms. The standard InChI is InChI=1S/C22H27Cl2N3O5/c1-3-14-6-8-22(9-7-14)20(30)27(21(31)26-22)11-19(29)32-12-18(28)25-13(2)16-5-4-15(23)10-17(16)24/h4-5,10,13-14H,3,6-9,11-12H2,1-2H3,(H,25,28)(H,26,31)/t13-,14?,22?/m0/s1. The Morgan fingerprint density at radius 2 is 1.97 bits per heavy atom. The molecule has 0 radical (unpaired) electrons. The molecule has 2 fully saturated rings. The van der Waals surface area contributed by atoms with Crippen molar-refractivity contribution in [3.63, 3.8) is 0 Å². The number of urea groups is 1. The summed E-state index contributed by atoms with van der Waals surface area (Å²) in [6.07, 6.45) is 3.89. The second-order valence-corrected chi connectivity index (χ2v) is 9.21. The SMILES string of the molecule is CCC1CCC2(CC1)NC(=O)N(CC(=O)OCC(=O)N[C@@H](C)c1ccc(Cl)cc1Cl)C2=O. The molecule has 174 valence electrons. The van der Waals surface area contributed by atoms with Gasteiger partial charge in [-0.25, -0.2) is 4.79 Å². The minimum absolute atomic E-state index is 0.399. The lowest BCUT2D eigenvalue weighted by Gasteiger charge is -2.34. The predicted octanol–water partition coefficient (Wildman–Crippen LogP) is 3.60. The highest BCUT2D eigenvalue weighted by molar-refractivity contribution is 6.35. The maximum Gasteiger partial charge on any atom is 0.326 e. The molecule has 2 N–H and O–H groups in total. The molecule has 0 bridgehead atoms. The molecule has 0 unspecified atom stereocenters. The highest BCUT2D eigenvalue weighted by atomic mass is 35.5. The van der Waals surface area contributed by atoms with E-state index in [4.69, 9.17) is 27.9 Å². The van der Waals surface area contributed by atoms with Gasteiger partial charge in [-0.05, 0) is 56.2 Å². The average molecular weight is 484 g/mol. The van der Waals surface area contributed by atoms with Gasteiger partial charge in [0.1, 0.15) is 12.1 Å². The number of carbonyl (C=O) groups is 4. The number of hydrogen-bond donors (Lipinski definition) is 2. The number of ether oxygens (including phenoxy) is 1. The zero-order valence-corrected chi connectivity index (χ0v) is 19.6. The molecule has 3 rings (SSSR count). The van der Waals surface area contributed by atoms with Crippen LogP contribution in [0.3, 0.4) is 0 Å². The van der Waals surface area contributed by atoms with E-state index >= 15 is 0 Å². The molecule has 1 spiro atoms. The lowest BCUT2D eigenvalue weighted by Crippen LogP contribution is -2.49. The number of carbonyl (C=O) groups excluding carboxylic acids is 4. The van der Waals surface area contributed by atoms with Gasteiger partial charge in [0.05, 0.1) is 6.04 Å². The van der Waals surface area contributed by atoms with E-state index in [-0.39, 0.29) is 0 Å². The molecule has 1 saturated heterocycles. The van der Waals surface area contributed by atoms with Gasteiger partial charge in [0.15, 0.2) is 6.61 Å². The number of nitrogens with zero attached hydrogens (tertiary/aromatic N) is 1. The van der Waals surface area contributed by atoms with Gasteiger partial charge in [-0.2, -0.15) is 0 Å². The van der Waals surface area contributed by atoms with E-state index in [0.717, 1.165) is 24.2 Å². The van der Waals surface area contributed by atoms with Crippen LogP contribution in [0.15, 0.2) is 18.2 Å². The molecule has 1 aromatic carbocycles. The van der Waals surface area contributed by atoms with E-state index in [9.17, 15) is 19.2 Å². The van der Waals surface area contributed by atoms with Gasteiger partial charge >= 0.3 is 12.0 Å². The molecule has 0 aromatic heterocycles. The smallest absolute Gasteiger partial charge is 0.326 e. The summed E-state index contributed by atoms with van der Waals surface area (Å²) < 4.78 is 4.98. The fourth-order valence-electron chi connectivity index (χ4n) is 4.27. The highest BCUT2D eigenvalue weighted by Gasteiger charge is 2.52. The largest absolute Gasteiger partial charge is 0.454 e. The summed E-state index contributed by atoms with van der Waals surface area (Å²) in [5.41, 5.74) is -0.258. The van der Waals surface area contributed by atoms with Crippen molar-refractivity contribution in [1.82, 2.24) is 15.5 Å². The fraction of sp³-hybridized carbons (Fsp3) is 0.545. The topological polar surface area (TPSA) is 105 Å². The second-order valence-electron chi connectivity index (χ2n) is 8.37. The summed E-state index contributed by atoms with van der Waals surface area (Å²) in [7, 11) is 0. The number of hydrogen-bond acceptors (Lipinski definition) is 5. The van der Waals surface area contributed by atoms with Gasteiger partial charge in [0.25, 0.3) is 11.8 Å². The quantitative estimate of drug-likeness (QED) is 0.455. The lowest BCUT2D eigenvalue weighted by molar-refractivity contribution is -0.151. The van der Waals surface area contributed by atoms with Gasteiger partial charge in [0.2, 0.25) is 0 Å². The van der Waals surface area contributed by atoms with E-state index in [0.29, 0.717) is 34.4 Å². The summed E-state index contributed by atoms with van der Waals surface area (Å²) >= 11 is 12.0. The molecular formula is C22H27Cl2N3O5. The summed E-state index contributed by atoms with van der Waals surface area (Å²) in [5.74, 6) is -1.22. The Morgan fingerprint density at radius 1 is 1.28 bits per heavy atom. The van der Waals surface area contributed by atoms with Gasteiger partial charge in [0, 0.05) is 10.0 Å². The lowest BCUT2D eigenvalue weighted by atomic mass is 9.75. The van der Waals surface area contributed by atoms with E-state index in [2.05, 4.69) is 17.6 Å². The van der Waals surface area contributed by atoms with Gasteiger partial charge in [-0.3, -0.25) is 19.3 Å². The van der Waals surface area contributed by atoms with Crippen molar-refractivity contribution in [3.8, 4) is 0 Å². The minimum atomic E-state index is -0.923. The second kappa shape index (κ2) is 10.1. The maximum absolute atomic E-state index is 12.9. The zero-order valence-electron chi connectivity index (χ0n) is 18.1. The highest BCUT2D eigenvalue weighted by Crippen LogP contribution is 2.37. The number of nitrogens with one attached hydrogen (secondary N) is 2. The number of halogens is 2. The predicted molar refractivity (Wildman–Crippen MR) is 119 cm³/mol. The normalized spacial score (nSPS) is 23.8. The van der Waals surface area contributed by atoms with Crippen LogP contribution >= 0.6 is 23.2 Å². The first-order valence-corrected chi connectivity index (χ1v) is 11.4. The maximum atomic E-state index is 12.9. The van der Waals surface area contributed by atoms with Crippen molar-refractivity contribution >= 4 is 47.0 Å². The van der Waals surface area contributed by atoms with Crippen LogP contribution < -0.4 is 10.6 Å². The van der Waals surface area contributed by atoms with Crippen LogP contribution in [-0.2, 0) is 19.1 Å². The summed E-state index contributed by atoms with van der Waals surface area (Å²) in [6.45, 7) is 2.77. The van der Waals surface area contributed by atoms with Gasteiger partial charge in [-0.1, -0.05) is 42.6 Å². The number of benzene rings is 1. The van der Waals surface area contributed by atoms with Crippen LogP contribution in [0.2, 0.25) is 10.0 Å². The third-order valence-corrected chi connectivity index (χ3v) is 6.80. The molecule has 2 aliphatic rings. The number of rotatable bonds is 7. The van der Waals surface area contributed by atoms with Crippen molar-refractivity contribution in [2.75, 3.05) is 13.2 Å². The summed E-state index contributed by atoms with van der Waals surface area (Å²) in [5, 5.41) is 6.33. The number of amides is 4. The Balaban J connectivity index is 1.48. The van der Waals surface area contributed by atoms with Crippen LogP contribution in [0.5, 0.6) is 0 Å². The molecule has 4 amide bonds. The van der Waals surface area contributed by atoms with Crippen LogP contribution in [0.25, 0.3) is 0 Å². The Kier molecular flexibility index (Phi) is 7.67. The molecule has 10 heteroatoms. The van der Waals surface area contributed by atoms with Crippen LogP contribution in [0, 0.1) is 5.92 Å². The molecule has 1 aliphatic heterocycles. The minimum Gasteiger partial charge on any atom is -0.454 e. The Hall–Kier alpha value is -2.32. The van der Waals surface area contributed by atoms with Crippen LogP contribution in [0.4, 0.5) is 4.79 Å². The van der Waals surface area contributed by atoms with Crippen LogP contribution in [0.1, 0.15) is 57.6 Å². The van der Waals surface area contributed by atoms with Crippen molar-refractivity contribution < 1.29 is 23.9 Å². The third kappa shape index (κ3) is 5.35. The van der Waals surface area contributed by atoms with Gasteiger partial charge < -0.3 is 15.4 Å². The van der Waals surface area contributed by atoms with E-state index in [1.54, 1.807) is 25.1 Å². The first-order chi connectivity index (χ1) is 15.1. The Labute approximate surface area is 196 Å². The monoisotopic (exact) mass is 483 g/mol. The fourth-order valence-corrected chi connectivity index (χ4v) is 4.84. The molecule has 1 aromatic rings. The first kappa shape index (κ1) is 24.3. The number of imide groups is 1. The summed E-state index contributed by atoms with van der Waals surface area (Å²) in [6, 6.07) is 3.89. The Bertz CT molecular complexity index is 915. The first-order valence-electron chi connectivity index (χ1n) is 10.7. The van der Waals surface area contributed by atoms with Crippen molar-refractivity contribution in [3.05, 3.63) is 33.8 Å².